The number of alkyl halides is 3. The van der Waals surface area contributed by atoms with Crippen molar-refractivity contribution in [1.82, 2.24) is 9.97 Å². The predicted octanol–water partition coefficient (Wildman–Crippen LogP) is 1.36. The summed E-state index contributed by atoms with van der Waals surface area (Å²) in [5, 5.41) is 8.80. The van der Waals surface area contributed by atoms with E-state index in [1.807, 2.05) is 0 Å². The van der Waals surface area contributed by atoms with Crippen molar-refractivity contribution in [2.24, 2.45) is 0 Å². The highest BCUT2D eigenvalue weighted by Crippen LogP contribution is 2.20. The van der Waals surface area contributed by atoms with E-state index >= 15 is 0 Å². The van der Waals surface area contributed by atoms with Crippen LogP contribution in [0.25, 0.3) is 0 Å². The van der Waals surface area contributed by atoms with Gasteiger partial charge in [0.1, 0.15) is 5.82 Å². The van der Waals surface area contributed by atoms with Crippen LogP contribution in [-0.4, -0.2) is 34.8 Å². The number of aromatic nitrogens is 2. The zero-order valence-corrected chi connectivity index (χ0v) is 8.70. The highest BCUT2D eigenvalue weighted by atomic mass is 19.4. The Bertz CT molecular complexity index is 343. The van der Waals surface area contributed by atoms with Gasteiger partial charge in [-0.3, -0.25) is 4.98 Å². The molecule has 90 valence electrons. The third-order valence-corrected chi connectivity index (χ3v) is 1.96. The number of halogens is 3. The van der Waals surface area contributed by atoms with Crippen molar-refractivity contribution >= 4 is 5.82 Å². The number of nitrogens with zero attached hydrogens (tertiary/aromatic N) is 3. The molecule has 1 rings (SSSR count). The minimum absolute atomic E-state index is 0.187. The SMILES string of the molecule is CN(CCC(F)(F)F)c1cncc(CO)n1. The number of hydrogen-bond donors (Lipinski definition) is 1. The quantitative estimate of drug-likeness (QED) is 0.856. The van der Waals surface area contributed by atoms with Gasteiger partial charge in [-0.1, -0.05) is 0 Å². The maximum absolute atomic E-state index is 12.0. The van der Waals surface area contributed by atoms with E-state index in [0.29, 0.717) is 11.5 Å². The summed E-state index contributed by atoms with van der Waals surface area (Å²) < 4.78 is 35.9. The predicted molar refractivity (Wildman–Crippen MR) is 51.9 cm³/mol. The lowest BCUT2D eigenvalue weighted by Gasteiger charge is -2.18. The summed E-state index contributed by atoms with van der Waals surface area (Å²) in [6.07, 6.45) is -2.37. The van der Waals surface area contributed by atoms with E-state index in [-0.39, 0.29) is 13.2 Å². The van der Waals surface area contributed by atoms with Gasteiger partial charge in [0.15, 0.2) is 0 Å². The fourth-order valence-electron chi connectivity index (χ4n) is 1.06. The second-order valence-corrected chi connectivity index (χ2v) is 3.31. The van der Waals surface area contributed by atoms with Crippen LogP contribution in [0.1, 0.15) is 12.1 Å². The zero-order chi connectivity index (χ0) is 12.2. The first-order valence-corrected chi connectivity index (χ1v) is 4.62. The van der Waals surface area contributed by atoms with Crippen molar-refractivity contribution < 1.29 is 18.3 Å². The topological polar surface area (TPSA) is 49.2 Å². The summed E-state index contributed by atoms with van der Waals surface area (Å²) in [5.74, 6) is 0.316. The van der Waals surface area contributed by atoms with E-state index in [2.05, 4.69) is 9.97 Å². The molecule has 1 heterocycles. The molecule has 0 unspecified atom stereocenters. The summed E-state index contributed by atoms with van der Waals surface area (Å²) >= 11 is 0. The molecule has 0 aromatic carbocycles. The molecule has 0 spiro atoms. The van der Waals surface area contributed by atoms with E-state index in [0.717, 1.165) is 0 Å². The summed E-state index contributed by atoms with van der Waals surface area (Å²) in [5.41, 5.74) is 0.330. The Balaban J connectivity index is 2.62. The molecule has 1 aromatic rings. The van der Waals surface area contributed by atoms with E-state index in [1.165, 1.54) is 24.3 Å². The molecule has 0 aliphatic heterocycles. The molecule has 0 fully saturated rings. The highest BCUT2D eigenvalue weighted by Gasteiger charge is 2.27. The normalized spacial score (nSPS) is 11.6. The van der Waals surface area contributed by atoms with Gasteiger partial charge in [0.2, 0.25) is 0 Å². The smallest absolute Gasteiger partial charge is 0.390 e. The lowest BCUT2D eigenvalue weighted by molar-refractivity contribution is -0.132. The monoisotopic (exact) mass is 235 g/mol. The van der Waals surface area contributed by atoms with Crippen LogP contribution in [-0.2, 0) is 6.61 Å². The molecule has 0 saturated carbocycles. The third kappa shape index (κ3) is 4.01. The van der Waals surface area contributed by atoms with Gasteiger partial charge in [-0.15, -0.1) is 0 Å². The molecule has 0 bridgehead atoms. The minimum atomic E-state index is -4.18. The van der Waals surface area contributed by atoms with Gasteiger partial charge < -0.3 is 10.0 Å². The second kappa shape index (κ2) is 5.11. The molecule has 1 aromatic heterocycles. The molecule has 0 saturated heterocycles. The molecule has 0 amide bonds. The van der Waals surface area contributed by atoms with Crippen LogP contribution >= 0.6 is 0 Å². The second-order valence-electron chi connectivity index (χ2n) is 3.31. The van der Waals surface area contributed by atoms with E-state index < -0.39 is 12.6 Å². The minimum Gasteiger partial charge on any atom is -0.390 e. The van der Waals surface area contributed by atoms with Crippen LogP contribution in [0.2, 0.25) is 0 Å². The Hall–Kier alpha value is -1.37. The van der Waals surface area contributed by atoms with Gasteiger partial charge in [-0.25, -0.2) is 4.98 Å². The highest BCUT2D eigenvalue weighted by molar-refractivity contribution is 5.34. The van der Waals surface area contributed by atoms with E-state index in [9.17, 15) is 13.2 Å². The Morgan fingerprint density at radius 2 is 2.06 bits per heavy atom. The summed E-state index contributed by atoms with van der Waals surface area (Å²) in [6, 6.07) is 0. The first kappa shape index (κ1) is 12.7. The summed E-state index contributed by atoms with van der Waals surface area (Å²) in [6.45, 7) is -0.471. The Kier molecular flexibility index (Phi) is 4.05. The Morgan fingerprint density at radius 3 is 2.62 bits per heavy atom. The molecular formula is C9H12F3N3O. The average Bonchev–Trinajstić information content (AvgIpc) is 2.25. The average molecular weight is 235 g/mol. The Morgan fingerprint density at radius 1 is 1.38 bits per heavy atom. The first-order valence-electron chi connectivity index (χ1n) is 4.62. The van der Waals surface area contributed by atoms with Gasteiger partial charge in [0.25, 0.3) is 0 Å². The van der Waals surface area contributed by atoms with Crippen molar-refractivity contribution in [3.05, 3.63) is 18.1 Å². The van der Waals surface area contributed by atoms with Crippen molar-refractivity contribution in [2.75, 3.05) is 18.5 Å². The van der Waals surface area contributed by atoms with Gasteiger partial charge in [-0.05, 0) is 0 Å². The van der Waals surface area contributed by atoms with E-state index in [1.54, 1.807) is 0 Å². The number of anilines is 1. The number of rotatable bonds is 4. The van der Waals surface area contributed by atoms with Crippen LogP contribution in [0.3, 0.4) is 0 Å². The fourth-order valence-corrected chi connectivity index (χ4v) is 1.06. The van der Waals surface area contributed by atoms with Crippen molar-refractivity contribution in [2.45, 2.75) is 19.2 Å². The third-order valence-electron chi connectivity index (χ3n) is 1.96. The van der Waals surface area contributed by atoms with Crippen LogP contribution in [0.15, 0.2) is 12.4 Å². The molecule has 4 nitrogen and oxygen atoms in total. The first-order chi connectivity index (χ1) is 7.42. The van der Waals surface area contributed by atoms with Crippen LogP contribution < -0.4 is 4.90 Å². The van der Waals surface area contributed by atoms with E-state index in [4.69, 9.17) is 5.11 Å². The van der Waals surface area contributed by atoms with Gasteiger partial charge >= 0.3 is 6.18 Å². The van der Waals surface area contributed by atoms with Crippen molar-refractivity contribution in [1.29, 1.82) is 0 Å². The number of aliphatic hydroxyl groups excluding tert-OH is 1. The van der Waals surface area contributed by atoms with Crippen LogP contribution in [0, 0.1) is 0 Å². The summed E-state index contributed by atoms with van der Waals surface area (Å²) in [4.78, 5) is 9.06. The van der Waals surface area contributed by atoms with Gasteiger partial charge in [0.05, 0.1) is 31.1 Å². The van der Waals surface area contributed by atoms with Crippen molar-refractivity contribution in [3.8, 4) is 0 Å². The largest absolute Gasteiger partial charge is 0.390 e. The van der Waals surface area contributed by atoms with Crippen molar-refractivity contribution in [3.63, 3.8) is 0 Å². The van der Waals surface area contributed by atoms with Gasteiger partial charge in [-0.2, -0.15) is 13.2 Å². The Labute approximate surface area is 90.7 Å². The lowest BCUT2D eigenvalue weighted by Crippen LogP contribution is -2.25. The molecule has 16 heavy (non-hydrogen) atoms. The maximum atomic E-state index is 12.0. The maximum Gasteiger partial charge on any atom is 0.390 e. The number of hydrogen-bond acceptors (Lipinski definition) is 4. The van der Waals surface area contributed by atoms with Crippen LogP contribution in [0.4, 0.5) is 19.0 Å². The molecule has 0 aliphatic rings. The molecule has 0 radical (unpaired) electrons. The van der Waals surface area contributed by atoms with Gasteiger partial charge in [0, 0.05) is 13.6 Å². The lowest BCUT2D eigenvalue weighted by atomic mass is 10.4. The molecule has 7 heteroatoms. The summed E-state index contributed by atoms with van der Waals surface area (Å²) in [7, 11) is 1.50. The molecule has 1 N–H and O–H groups in total. The zero-order valence-electron chi connectivity index (χ0n) is 8.70. The standard InChI is InChI=1S/C9H12F3N3O/c1-15(3-2-9(10,11)12)8-5-13-4-7(6-16)14-8/h4-5,16H,2-3,6H2,1H3. The fraction of sp³-hybridized carbons (Fsp3) is 0.556. The van der Waals surface area contributed by atoms with Crippen LogP contribution in [0.5, 0.6) is 0 Å². The molecule has 0 atom stereocenters. The molecular weight excluding hydrogens is 223 g/mol. The molecule has 0 aliphatic carbocycles. The number of aliphatic hydroxyl groups is 1.